The highest BCUT2D eigenvalue weighted by Gasteiger charge is 2.19. The maximum absolute atomic E-state index is 12.8. The first-order chi connectivity index (χ1) is 30.5. The van der Waals surface area contributed by atoms with Gasteiger partial charge in [0, 0.05) is 19.3 Å². The van der Waals surface area contributed by atoms with E-state index in [2.05, 4.69) is 57.2 Å². The monoisotopic (exact) mass is 871 g/mol. The lowest BCUT2D eigenvalue weighted by Gasteiger charge is -2.18. The van der Waals surface area contributed by atoms with E-state index in [9.17, 15) is 14.4 Å². The minimum absolute atomic E-state index is 0.0738. The molecule has 0 aromatic heterocycles. The van der Waals surface area contributed by atoms with Gasteiger partial charge in [0.05, 0.1) is 0 Å². The molecule has 362 valence electrons. The van der Waals surface area contributed by atoms with Crippen molar-refractivity contribution in [1.82, 2.24) is 0 Å². The van der Waals surface area contributed by atoms with Gasteiger partial charge in [0.25, 0.3) is 0 Å². The molecule has 0 rings (SSSR count). The van der Waals surface area contributed by atoms with Gasteiger partial charge in [-0.3, -0.25) is 14.4 Å². The highest BCUT2D eigenvalue weighted by Crippen LogP contribution is 2.16. The summed E-state index contributed by atoms with van der Waals surface area (Å²) in [5.41, 5.74) is 0. The Kier molecular flexibility index (Phi) is 49.3. The van der Waals surface area contributed by atoms with Crippen molar-refractivity contribution in [2.45, 2.75) is 290 Å². The van der Waals surface area contributed by atoms with Crippen molar-refractivity contribution in [2.75, 3.05) is 13.2 Å². The fraction of sp³-hybridized carbons (Fsp3) is 0.839. The maximum atomic E-state index is 12.8. The van der Waals surface area contributed by atoms with Gasteiger partial charge in [-0.15, -0.1) is 0 Å². The molecule has 0 N–H and O–H groups in total. The van der Waals surface area contributed by atoms with Crippen LogP contribution in [0.5, 0.6) is 0 Å². The smallest absolute Gasteiger partial charge is 0.306 e. The van der Waals surface area contributed by atoms with Crippen LogP contribution in [-0.4, -0.2) is 37.2 Å². The van der Waals surface area contributed by atoms with Crippen molar-refractivity contribution in [3.05, 3.63) is 36.5 Å². The number of carbonyl (C=O) groups is 3. The van der Waals surface area contributed by atoms with E-state index >= 15 is 0 Å². The highest BCUT2D eigenvalue weighted by molar-refractivity contribution is 5.71. The molecule has 62 heavy (non-hydrogen) atoms. The molecule has 0 aromatic carbocycles. The van der Waals surface area contributed by atoms with Crippen molar-refractivity contribution in [2.24, 2.45) is 0 Å². The van der Waals surface area contributed by atoms with Crippen molar-refractivity contribution in [3.8, 4) is 0 Å². The van der Waals surface area contributed by atoms with Gasteiger partial charge in [-0.2, -0.15) is 0 Å². The molecule has 0 saturated heterocycles. The summed E-state index contributed by atoms with van der Waals surface area (Å²) in [5.74, 6) is -0.876. The Bertz CT molecular complexity index is 1050. The van der Waals surface area contributed by atoms with Gasteiger partial charge in [-0.1, -0.05) is 231 Å². The van der Waals surface area contributed by atoms with E-state index in [-0.39, 0.29) is 31.1 Å². The summed E-state index contributed by atoms with van der Waals surface area (Å²) >= 11 is 0. The quantitative estimate of drug-likeness (QED) is 0.0262. The first kappa shape index (κ1) is 59.6. The van der Waals surface area contributed by atoms with Crippen molar-refractivity contribution in [1.29, 1.82) is 0 Å². The first-order valence-corrected chi connectivity index (χ1v) is 27.0. The first-order valence-electron chi connectivity index (χ1n) is 27.0. The van der Waals surface area contributed by atoms with E-state index < -0.39 is 6.10 Å². The van der Waals surface area contributed by atoms with Crippen LogP contribution in [0.25, 0.3) is 0 Å². The van der Waals surface area contributed by atoms with E-state index in [1.165, 1.54) is 167 Å². The predicted octanol–water partition coefficient (Wildman–Crippen LogP) is 17.7. The molecule has 0 aromatic rings. The third kappa shape index (κ3) is 48.7. The van der Waals surface area contributed by atoms with Gasteiger partial charge in [0.15, 0.2) is 6.10 Å². The number of allylic oxidation sites excluding steroid dienone is 6. The lowest BCUT2D eigenvalue weighted by molar-refractivity contribution is -0.167. The highest BCUT2D eigenvalue weighted by atomic mass is 16.6. The van der Waals surface area contributed by atoms with E-state index in [0.29, 0.717) is 19.3 Å². The molecular weight excluding hydrogens is 769 g/mol. The summed E-state index contributed by atoms with van der Waals surface area (Å²) in [4.78, 5) is 38.0. The molecule has 1 atom stereocenters. The minimum atomic E-state index is -0.774. The van der Waals surface area contributed by atoms with Crippen LogP contribution in [0, 0.1) is 0 Å². The van der Waals surface area contributed by atoms with Crippen molar-refractivity contribution < 1.29 is 28.6 Å². The third-order valence-electron chi connectivity index (χ3n) is 11.9. The van der Waals surface area contributed by atoms with Crippen LogP contribution >= 0.6 is 0 Å². The molecule has 6 heteroatoms. The Labute approximate surface area is 385 Å². The SMILES string of the molecule is CC/C=C\C/C=C\CCCCCCCCCC(=O)OC(COC(=O)CCCCCCCCC/C=C\CCCCCCCCCC)COC(=O)CCCCCCCCCCCCC. The van der Waals surface area contributed by atoms with Crippen LogP contribution < -0.4 is 0 Å². The van der Waals surface area contributed by atoms with Crippen LogP contribution in [-0.2, 0) is 28.6 Å². The molecule has 1 unspecified atom stereocenters. The Morgan fingerprint density at radius 3 is 0.984 bits per heavy atom. The zero-order valence-electron chi connectivity index (χ0n) is 41.4. The van der Waals surface area contributed by atoms with Gasteiger partial charge < -0.3 is 14.2 Å². The second-order valence-corrected chi connectivity index (χ2v) is 18.1. The van der Waals surface area contributed by atoms with Crippen molar-refractivity contribution in [3.63, 3.8) is 0 Å². The van der Waals surface area contributed by atoms with E-state index in [0.717, 1.165) is 77.0 Å². The van der Waals surface area contributed by atoms with Crippen LogP contribution in [0.3, 0.4) is 0 Å². The van der Waals surface area contributed by atoms with E-state index in [1.54, 1.807) is 0 Å². The predicted molar refractivity (Wildman–Crippen MR) is 266 cm³/mol. The summed E-state index contributed by atoms with van der Waals surface area (Å²) in [6, 6.07) is 0. The van der Waals surface area contributed by atoms with E-state index in [1.807, 2.05) is 0 Å². The molecule has 6 nitrogen and oxygen atoms in total. The van der Waals surface area contributed by atoms with Crippen LogP contribution in [0.4, 0.5) is 0 Å². The molecule has 0 radical (unpaired) electrons. The van der Waals surface area contributed by atoms with Crippen LogP contribution in [0.1, 0.15) is 284 Å². The molecule has 0 saturated carbocycles. The number of ether oxygens (including phenoxy) is 3. The summed E-state index contributed by atoms with van der Waals surface area (Å²) < 4.78 is 16.8. The Morgan fingerprint density at radius 2 is 0.629 bits per heavy atom. The number of rotatable bonds is 49. The Hall–Kier alpha value is -2.37. The molecule has 0 spiro atoms. The van der Waals surface area contributed by atoms with Crippen LogP contribution in [0.2, 0.25) is 0 Å². The summed E-state index contributed by atoms with van der Waals surface area (Å²) in [5, 5.41) is 0. The number of unbranched alkanes of at least 4 members (excludes halogenated alkanes) is 32. The second-order valence-electron chi connectivity index (χ2n) is 18.1. The lowest BCUT2D eigenvalue weighted by Crippen LogP contribution is -2.30. The van der Waals surface area contributed by atoms with Crippen molar-refractivity contribution >= 4 is 17.9 Å². The molecule has 0 aliphatic rings. The van der Waals surface area contributed by atoms with Gasteiger partial charge in [-0.05, 0) is 70.6 Å². The number of hydrogen-bond donors (Lipinski definition) is 0. The maximum Gasteiger partial charge on any atom is 0.306 e. The normalized spacial score (nSPS) is 12.2. The fourth-order valence-electron chi connectivity index (χ4n) is 7.83. The Morgan fingerprint density at radius 1 is 0.339 bits per heavy atom. The Balaban J connectivity index is 4.31. The van der Waals surface area contributed by atoms with Gasteiger partial charge >= 0.3 is 17.9 Å². The van der Waals surface area contributed by atoms with E-state index in [4.69, 9.17) is 14.2 Å². The van der Waals surface area contributed by atoms with Gasteiger partial charge in [-0.25, -0.2) is 0 Å². The van der Waals surface area contributed by atoms with Gasteiger partial charge in [0.2, 0.25) is 0 Å². The zero-order chi connectivity index (χ0) is 45.1. The number of hydrogen-bond acceptors (Lipinski definition) is 6. The lowest BCUT2D eigenvalue weighted by atomic mass is 10.1. The average molecular weight is 871 g/mol. The standard InChI is InChI=1S/C56H102O6/c1-4-7-10-13-16-19-22-24-26-27-28-29-30-32-34-37-40-43-46-49-55(58)61-52-53(51-60-54(57)48-45-42-39-36-33-21-18-15-12-9-6-3)62-56(59)50-47-44-41-38-35-31-25-23-20-17-14-11-8-5-2/h8,11,17,20,27-28,53H,4-7,9-10,12-16,18-19,21-26,29-52H2,1-3H3/b11-8-,20-17-,28-27-. The van der Waals surface area contributed by atoms with Crippen LogP contribution in [0.15, 0.2) is 36.5 Å². The molecule has 0 aliphatic heterocycles. The summed E-state index contributed by atoms with van der Waals surface area (Å²) in [6.45, 7) is 6.54. The minimum Gasteiger partial charge on any atom is -0.462 e. The molecule has 0 fully saturated rings. The molecule has 0 aliphatic carbocycles. The second kappa shape index (κ2) is 51.3. The molecule has 0 amide bonds. The fourth-order valence-corrected chi connectivity index (χ4v) is 7.83. The molecular formula is C56H102O6. The number of carbonyl (C=O) groups excluding carboxylic acids is 3. The molecule has 0 heterocycles. The topological polar surface area (TPSA) is 78.9 Å². The number of esters is 3. The van der Waals surface area contributed by atoms with Gasteiger partial charge in [0.1, 0.15) is 13.2 Å². The summed E-state index contributed by atoms with van der Waals surface area (Å²) in [7, 11) is 0. The zero-order valence-corrected chi connectivity index (χ0v) is 41.4. The largest absolute Gasteiger partial charge is 0.462 e. The molecule has 0 bridgehead atoms. The third-order valence-corrected chi connectivity index (χ3v) is 11.9. The average Bonchev–Trinajstić information content (AvgIpc) is 3.27. The summed E-state index contributed by atoms with van der Waals surface area (Å²) in [6.07, 6.45) is 59.9.